The van der Waals surface area contributed by atoms with Crippen LogP contribution >= 0.6 is 0 Å². The van der Waals surface area contributed by atoms with Gasteiger partial charge in [0.25, 0.3) is 5.91 Å². The highest BCUT2D eigenvalue weighted by Crippen LogP contribution is 2.10. The standard InChI is InChI=1S/C17H26N4O3/c1-3-20(4-2)15-6-5-14(13-19-15)17(23)18-8-7-16(22)21-9-11-24-12-10-21/h5-6,13H,3-4,7-12H2,1-2H3,(H,18,23). The molecule has 1 aliphatic rings. The van der Waals surface area contributed by atoms with Crippen molar-refractivity contribution in [2.45, 2.75) is 20.3 Å². The van der Waals surface area contributed by atoms with E-state index < -0.39 is 0 Å². The van der Waals surface area contributed by atoms with Gasteiger partial charge in [0.1, 0.15) is 5.82 Å². The first-order valence-corrected chi connectivity index (χ1v) is 8.50. The second-order valence-corrected chi connectivity index (χ2v) is 5.58. The van der Waals surface area contributed by atoms with Gasteiger partial charge in [-0.25, -0.2) is 4.98 Å². The minimum Gasteiger partial charge on any atom is -0.378 e. The zero-order valence-corrected chi connectivity index (χ0v) is 14.5. The number of hydrogen-bond donors (Lipinski definition) is 1. The molecule has 1 fully saturated rings. The summed E-state index contributed by atoms with van der Waals surface area (Å²) in [6, 6.07) is 3.61. The molecule has 1 aromatic rings. The lowest BCUT2D eigenvalue weighted by Gasteiger charge is -2.26. The van der Waals surface area contributed by atoms with E-state index in [1.807, 2.05) is 6.07 Å². The van der Waals surface area contributed by atoms with Crippen LogP contribution in [0.2, 0.25) is 0 Å². The summed E-state index contributed by atoms with van der Waals surface area (Å²) in [6.07, 6.45) is 1.88. The highest BCUT2D eigenvalue weighted by molar-refractivity contribution is 5.94. The summed E-state index contributed by atoms with van der Waals surface area (Å²) < 4.78 is 5.22. The largest absolute Gasteiger partial charge is 0.378 e. The summed E-state index contributed by atoms with van der Waals surface area (Å²) in [4.78, 5) is 32.3. The maximum atomic E-state index is 12.1. The van der Waals surface area contributed by atoms with Crippen LogP contribution in [0.15, 0.2) is 18.3 Å². The number of ether oxygens (including phenoxy) is 1. The molecule has 24 heavy (non-hydrogen) atoms. The predicted molar refractivity (Wildman–Crippen MR) is 92.1 cm³/mol. The molecule has 0 aromatic carbocycles. The summed E-state index contributed by atoms with van der Waals surface area (Å²) >= 11 is 0. The molecule has 0 aliphatic carbocycles. The molecule has 2 heterocycles. The van der Waals surface area contributed by atoms with E-state index in [1.165, 1.54) is 0 Å². The Morgan fingerprint density at radius 2 is 1.96 bits per heavy atom. The Morgan fingerprint density at radius 3 is 2.54 bits per heavy atom. The second-order valence-electron chi connectivity index (χ2n) is 5.58. The Labute approximate surface area is 143 Å². The molecule has 1 saturated heterocycles. The first kappa shape index (κ1) is 18.2. The lowest BCUT2D eigenvalue weighted by Crippen LogP contribution is -2.42. The molecule has 0 atom stereocenters. The van der Waals surface area contributed by atoms with Crippen molar-refractivity contribution in [1.29, 1.82) is 0 Å². The van der Waals surface area contributed by atoms with E-state index in [0.717, 1.165) is 18.9 Å². The van der Waals surface area contributed by atoms with E-state index in [4.69, 9.17) is 4.74 Å². The third-order valence-electron chi connectivity index (χ3n) is 4.09. The quantitative estimate of drug-likeness (QED) is 0.802. The van der Waals surface area contributed by atoms with Crippen LogP contribution in [0.25, 0.3) is 0 Å². The van der Waals surface area contributed by atoms with Gasteiger partial charge in [-0.05, 0) is 26.0 Å². The maximum absolute atomic E-state index is 12.1. The van der Waals surface area contributed by atoms with Gasteiger partial charge in [-0.2, -0.15) is 0 Å². The van der Waals surface area contributed by atoms with Crippen molar-refractivity contribution in [2.75, 3.05) is 50.8 Å². The molecule has 2 rings (SSSR count). The van der Waals surface area contributed by atoms with E-state index >= 15 is 0 Å². The Morgan fingerprint density at radius 1 is 1.25 bits per heavy atom. The van der Waals surface area contributed by atoms with Crippen LogP contribution in [0.1, 0.15) is 30.6 Å². The highest BCUT2D eigenvalue weighted by atomic mass is 16.5. The number of nitrogens with zero attached hydrogens (tertiary/aromatic N) is 3. The predicted octanol–water partition coefficient (Wildman–Crippen LogP) is 0.907. The number of hydrogen-bond acceptors (Lipinski definition) is 5. The number of nitrogens with one attached hydrogen (secondary N) is 1. The van der Waals surface area contributed by atoms with Gasteiger partial charge in [-0.1, -0.05) is 0 Å². The van der Waals surface area contributed by atoms with Gasteiger partial charge in [0.15, 0.2) is 0 Å². The van der Waals surface area contributed by atoms with Crippen molar-refractivity contribution in [1.82, 2.24) is 15.2 Å². The van der Waals surface area contributed by atoms with Crippen LogP contribution < -0.4 is 10.2 Å². The molecule has 0 saturated carbocycles. The normalized spacial score (nSPS) is 14.3. The summed E-state index contributed by atoms with van der Waals surface area (Å²) in [5.41, 5.74) is 0.504. The van der Waals surface area contributed by atoms with Gasteiger partial charge in [0, 0.05) is 45.3 Å². The lowest BCUT2D eigenvalue weighted by atomic mass is 10.2. The van der Waals surface area contributed by atoms with Crippen molar-refractivity contribution >= 4 is 17.6 Å². The number of carbonyl (C=O) groups is 2. The van der Waals surface area contributed by atoms with Crippen molar-refractivity contribution in [3.05, 3.63) is 23.9 Å². The van der Waals surface area contributed by atoms with Crippen LogP contribution in [0.5, 0.6) is 0 Å². The van der Waals surface area contributed by atoms with Gasteiger partial charge < -0.3 is 19.9 Å². The van der Waals surface area contributed by atoms with Gasteiger partial charge in [-0.3, -0.25) is 9.59 Å². The molecule has 1 aromatic heterocycles. The number of morpholine rings is 1. The van der Waals surface area contributed by atoms with Crippen molar-refractivity contribution in [3.8, 4) is 0 Å². The topological polar surface area (TPSA) is 74.8 Å². The zero-order chi connectivity index (χ0) is 17.4. The van der Waals surface area contributed by atoms with Crippen LogP contribution in [-0.2, 0) is 9.53 Å². The molecular formula is C17H26N4O3. The number of pyridine rings is 1. The van der Waals surface area contributed by atoms with Gasteiger partial charge in [0.05, 0.1) is 18.8 Å². The monoisotopic (exact) mass is 334 g/mol. The Hall–Kier alpha value is -2.15. The molecule has 0 unspecified atom stereocenters. The summed E-state index contributed by atoms with van der Waals surface area (Å²) in [7, 11) is 0. The fourth-order valence-electron chi connectivity index (χ4n) is 2.61. The number of carbonyl (C=O) groups excluding carboxylic acids is 2. The fourth-order valence-corrected chi connectivity index (χ4v) is 2.61. The van der Waals surface area contributed by atoms with Crippen LogP contribution in [0.3, 0.4) is 0 Å². The van der Waals surface area contributed by atoms with E-state index in [2.05, 4.69) is 29.0 Å². The minimum absolute atomic E-state index is 0.0496. The van der Waals surface area contributed by atoms with Gasteiger partial charge in [0.2, 0.25) is 5.91 Å². The summed E-state index contributed by atoms with van der Waals surface area (Å²) in [5.74, 6) is 0.705. The Kier molecular flexibility index (Phi) is 6.99. The third kappa shape index (κ3) is 4.92. The van der Waals surface area contributed by atoms with E-state index in [0.29, 0.717) is 44.8 Å². The molecule has 1 N–H and O–H groups in total. The van der Waals surface area contributed by atoms with Crippen molar-refractivity contribution in [3.63, 3.8) is 0 Å². The molecule has 0 spiro atoms. The molecule has 0 radical (unpaired) electrons. The SMILES string of the molecule is CCN(CC)c1ccc(C(=O)NCCC(=O)N2CCOCC2)cn1. The molecule has 7 heteroatoms. The number of rotatable bonds is 7. The molecule has 7 nitrogen and oxygen atoms in total. The maximum Gasteiger partial charge on any atom is 0.252 e. The third-order valence-corrected chi connectivity index (χ3v) is 4.09. The molecule has 2 amide bonds. The first-order valence-electron chi connectivity index (χ1n) is 8.50. The molecular weight excluding hydrogens is 308 g/mol. The molecule has 0 bridgehead atoms. The van der Waals surface area contributed by atoms with Gasteiger partial charge >= 0.3 is 0 Å². The van der Waals surface area contributed by atoms with Crippen LogP contribution in [0, 0.1) is 0 Å². The number of anilines is 1. The average molecular weight is 334 g/mol. The number of amides is 2. The Bertz CT molecular complexity index is 537. The van der Waals surface area contributed by atoms with Crippen LogP contribution in [-0.4, -0.2) is 67.6 Å². The highest BCUT2D eigenvalue weighted by Gasteiger charge is 2.16. The van der Waals surface area contributed by atoms with Crippen molar-refractivity contribution < 1.29 is 14.3 Å². The second kappa shape index (κ2) is 9.22. The fraction of sp³-hybridized carbons (Fsp3) is 0.588. The van der Waals surface area contributed by atoms with E-state index in [1.54, 1.807) is 17.2 Å². The van der Waals surface area contributed by atoms with Crippen molar-refractivity contribution in [2.24, 2.45) is 0 Å². The first-order chi connectivity index (χ1) is 11.7. The van der Waals surface area contributed by atoms with Gasteiger partial charge in [-0.15, -0.1) is 0 Å². The summed E-state index contributed by atoms with van der Waals surface area (Å²) in [5, 5.41) is 2.77. The smallest absolute Gasteiger partial charge is 0.252 e. The minimum atomic E-state index is -0.205. The zero-order valence-electron chi connectivity index (χ0n) is 14.5. The van der Waals surface area contributed by atoms with E-state index in [-0.39, 0.29) is 11.8 Å². The molecule has 1 aliphatic heterocycles. The molecule has 132 valence electrons. The average Bonchev–Trinajstić information content (AvgIpc) is 2.64. The lowest BCUT2D eigenvalue weighted by molar-refractivity contribution is -0.135. The Balaban J connectivity index is 1.78. The van der Waals surface area contributed by atoms with Crippen LogP contribution in [0.4, 0.5) is 5.82 Å². The number of aromatic nitrogens is 1. The van der Waals surface area contributed by atoms with E-state index in [9.17, 15) is 9.59 Å². The summed E-state index contributed by atoms with van der Waals surface area (Å²) in [6.45, 7) is 8.64.